The summed E-state index contributed by atoms with van der Waals surface area (Å²) in [4.78, 5) is 12.8. The lowest BCUT2D eigenvalue weighted by Gasteiger charge is -2.08. The highest BCUT2D eigenvalue weighted by Gasteiger charge is 2.02. The van der Waals surface area contributed by atoms with E-state index in [0.717, 1.165) is 12.8 Å². The van der Waals surface area contributed by atoms with Crippen LogP contribution >= 0.6 is 0 Å². The Morgan fingerprint density at radius 1 is 1.23 bits per heavy atom. The summed E-state index contributed by atoms with van der Waals surface area (Å²) in [6.07, 6.45) is 4.59. The molecule has 13 heavy (non-hydrogen) atoms. The third-order valence-electron chi connectivity index (χ3n) is 1.71. The molecule has 0 aliphatic carbocycles. The fourth-order valence-corrected chi connectivity index (χ4v) is 1.02. The lowest BCUT2D eigenvalue weighted by Crippen LogP contribution is -2.23. The Bertz CT molecular complexity index is 135. The molecule has 0 aliphatic rings. The molecular formula is C10H21NO2. The number of carbonyl (C=O) groups is 1. The standard InChI is InChI=1S/C10H21NO2/c1-4-5-6-7-8-13-10(12)9-11(2)3/h4-9H2,1-3H3. The summed E-state index contributed by atoms with van der Waals surface area (Å²) < 4.78 is 5.02. The van der Waals surface area contributed by atoms with Gasteiger partial charge in [-0.05, 0) is 20.5 Å². The topological polar surface area (TPSA) is 29.5 Å². The molecule has 0 fully saturated rings. The third kappa shape index (κ3) is 9.34. The highest BCUT2D eigenvalue weighted by atomic mass is 16.5. The first kappa shape index (κ1) is 12.4. The van der Waals surface area contributed by atoms with Crippen LogP contribution < -0.4 is 0 Å². The van der Waals surface area contributed by atoms with Crippen LogP contribution in [-0.4, -0.2) is 38.1 Å². The molecule has 0 aromatic carbocycles. The van der Waals surface area contributed by atoms with E-state index in [1.807, 2.05) is 19.0 Å². The molecule has 0 saturated heterocycles. The van der Waals surface area contributed by atoms with E-state index in [9.17, 15) is 4.79 Å². The molecule has 0 amide bonds. The first-order valence-electron chi connectivity index (χ1n) is 4.97. The quantitative estimate of drug-likeness (QED) is 0.448. The molecule has 0 spiro atoms. The van der Waals surface area contributed by atoms with Crippen molar-refractivity contribution < 1.29 is 9.53 Å². The average molecular weight is 187 g/mol. The van der Waals surface area contributed by atoms with Crippen LogP contribution in [0.2, 0.25) is 0 Å². The molecule has 3 heteroatoms. The van der Waals surface area contributed by atoms with Crippen LogP contribution in [0.1, 0.15) is 32.6 Å². The van der Waals surface area contributed by atoms with E-state index in [2.05, 4.69) is 6.92 Å². The maximum Gasteiger partial charge on any atom is 0.320 e. The first-order valence-corrected chi connectivity index (χ1v) is 4.97. The Kier molecular flexibility index (Phi) is 7.69. The maximum atomic E-state index is 11.0. The van der Waals surface area contributed by atoms with Crippen LogP contribution in [0.25, 0.3) is 0 Å². The summed E-state index contributed by atoms with van der Waals surface area (Å²) in [6, 6.07) is 0. The Labute approximate surface area is 81.1 Å². The zero-order valence-electron chi connectivity index (χ0n) is 9.01. The van der Waals surface area contributed by atoms with Crippen molar-refractivity contribution >= 4 is 5.97 Å². The predicted octanol–water partition coefficient (Wildman–Crippen LogP) is 1.67. The number of nitrogens with zero attached hydrogens (tertiary/aromatic N) is 1. The number of carbonyl (C=O) groups excluding carboxylic acids is 1. The van der Waals surface area contributed by atoms with Gasteiger partial charge in [-0.25, -0.2) is 0 Å². The van der Waals surface area contributed by atoms with Crippen LogP contribution in [0.15, 0.2) is 0 Å². The molecule has 0 unspecified atom stereocenters. The molecule has 0 rings (SSSR count). The summed E-state index contributed by atoms with van der Waals surface area (Å²) in [5, 5.41) is 0. The van der Waals surface area contributed by atoms with Gasteiger partial charge in [0.1, 0.15) is 0 Å². The number of ether oxygens (including phenoxy) is 1. The first-order chi connectivity index (χ1) is 6.16. The summed E-state index contributed by atoms with van der Waals surface area (Å²) in [6.45, 7) is 3.12. The second-order valence-electron chi connectivity index (χ2n) is 3.52. The highest BCUT2D eigenvalue weighted by Crippen LogP contribution is 1.98. The lowest BCUT2D eigenvalue weighted by molar-refractivity contribution is -0.144. The van der Waals surface area contributed by atoms with E-state index in [-0.39, 0.29) is 5.97 Å². The number of likely N-dealkylation sites (N-methyl/N-ethyl adjacent to an activating group) is 1. The second kappa shape index (κ2) is 8.05. The summed E-state index contributed by atoms with van der Waals surface area (Å²) >= 11 is 0. The van der Waals surface area contributed by atoms with E-state index < -0.39 is 0 Å². The van der Waals surface area contributed by atoms with Gasteiger partial charge in [0.15, 0.2) is 0 Å². The van der Waals surface area contributed by atoms with Gasteiger partial charge in [-0.15, -0.1) is 0 Å². The van der Waals surface area contributed by atoms with Crippen LogP contribution in [0, 0.1) is 0 Å². The Morgan fingerprint density at radius 2 is 1.92 bits per heavy atom. The molecule has 0 atom stereocenters. The number of esters is 1. The summed E-state index contributed by atoms with van der Waals surface area (Å²) in [7, 11) is 3.72. The van der Waals surface area contributed by atoms with Crippen molar-refractivity contribution in [2.24, 2.45) is 0 Å². The minimum atomic E-state index is -0.124. The van der Waals surface area contributed by atoms with Crippen LogP contribution in [-0.2, 0) is 9.53 Å². The molecule has 0 heterocycles. The van der Waals surface area contributed by atoms with Crippen molar-refractivity contribution in [1.29, 1.82) is 0 Å². The minimum absolute atomic E-state index is 0.124. The number of hydrogen-bond donors (Lipinski definition) is 0. The number of rotatable bonds is 7. The van der Waals surface area contributed by atoms with Crippen LogP contribution in [0.3, 0.4) is 0 Å². The Hall–Kier alpha value is -0.570. The lowest BCUT2D eigenvalue weighted by atomic mass is 10.2. The molecule has 0 aromatic rings. The van der Waals surface area contributed by atoms with Gasteiger partial charge in [0, 0.05) is 0 Å². The Morgan fingerprint density at radius 3 is 2.46 bits per heavy atom. The van der Waals surface area contributed by atoms with E-state index in [1.165, 1.54) is 12.8 Å². The van der Waals surface area contributed by atoms with Gasteiger partial charge in [0.25, 0.3) is 0 Å². The molecule has 0 saturated carbocycles. The molecular weight excluding hydrogens is 166 g/mol. The molecule has 3 nitrogen and oxygen atoms in total. The van der Waals surface area contributed by atoms with Gasteiger partial charge in [0.05, 0.1) is 13.2 Å². The predicted molar refractivity (Wildman–Crippen MR) is 53.7 cm³/mol. The van der Waals surface area contributed by atoms with Crippen molar-refractivity contribution in [1.82, 2.24) is 4.90 Å². The zero-order chi connectivity index (χ0) is 10.1. The third-order valence-corrected chi connectivity index (χ3v) is 1.71. The van der Waals surface area contributed by atoms with Crippen molar-refractivity contribution in [3.05, 3.63) is 0 Å². The minimum Gasteiger partial charge on any atom is -0.465 e. The van der Waals surface area contributed by atoms with Crippen molar-refractivity contribution in [3.63, 3.8) is 0 Å². The number of unbranched alkanes of at least 4 members (excludes halogenated alkanes) is 3. The van der Waals surface area contributed by atoms with Crippen molar-refractivity contribution in [2.75, 3.05) is 27.2 Å². The smallest absolute Gasteiger partial charge is 0.320 e. The fourth-order valence-electron chi connectivity index (χ4n) is 1.02. The second-order valence-corrected chi connectivity index (χ2v) is 3.52. The molecule has 0 aliphatic heterocycles. The molecule has 0 aromatic heterocycles. The van der Waals surface area contributed by atoms with Gasteiger partial charge in [-0.3, -0.25) is 9.69 Å². The maximum absolute atomic E-state index is 11.0. The molecule has 0 N–H and O–H groups in total. The van der Waals surface area contributed by atoms with Gasteiger partial charge in [-0.2, -0.15) is 0 Å². The van der Waals surface area contributed by atoms with Crippen LogP contribution in [0.5, 0.6) is 0 Å². The fraction of sp³-hybridized carbons (Fsp3) is 0.900. The average Bonchev–Trinajstić information content (AvgIpc) is 2.02. The highest BCUT2D eigenvalue weighted by molar-refractivity contribution is 5.71. The normalized spacial score (nSPS) is 10.5. The van der Waals surface area contributed by atoms with E-state index in [4.69, 9.17) is 4.74 Å². The van der Waals surface area contributed by atoms with Gasteiger partial charge in [-0.1, -0.05) is 26.2 Å². The van der Waals surface area contributed by atoms with Crippen molar-refractivity contribution in [2.45, 2.75) is 32.6 Å². The van der Waals surface area contributed by atoms with Crippen molar-refractivity contribution in [3.8, 4) is 0 Å². The van der Waals surface area contributed by atoms with E-state index in [1.54, 1.807) is 0 Å². The van der Waals surface area contributed by atoms with Gasteiger partial charge in [0.2, 0.25) is 0 Å². The molecule has 0 bridgehead atoms. The monoisotopic (exact) mass is 187 g/mol. The summed E-state index contributed by atoms with van der Waals surface area (Å²) in [5.41, 5.74) is 0. The zero-order valence-corrected chi connectivity index (χ0v) is 9.01. The number of hydrogen-bond acceptors (Lipinski definition) is 3. The van der Waals surface area contributed by atoms with Gasteiger partial charge < -0.3 is 4.74 Å². The molecule has 0 radical (unpaired) electrons. The largest absolute Gasteiger partial charge is 0.465 e. The van der Waals surface area contributed by atoms with Gasteiger partial charge >= 0.3 is 5.97 Å². The van der Waals surface area contributed by atoms with E-state index in [0.29, 0.717) is 13.2 Å². The summed E-state index contributed by atoms with van der Waals surface area (Å²) in [5.74, 6) is -0.124. The SMILES string of the molecule is CCCCCCOC(=O)CN(C)C. The van der Waals surface area contributed by atoms with Crippen LogP contribution in [0.4, 0.5) is 0 Å². The Balaban J connectivity index is 3.17. The van der Waals surface area contributed by atoms with E-state index >= 15 is 0 Å². The molecule has 78 valence electrons.